The Morgan fingerprint density at radius 3 is 1.97 bits per heavy atom. The van der Waals surface area contributed by atoms with Crippen LogP contribution in [-0.4, -0.2) is 14.1 Å². The fraction of sp³-hybridized carbons (Fsp3) is 0.283. The smallest absolute Gasteiger partial charge is 0.268 e. The van der Waals surface area contributed by atoms with Gasteiger partial charge < -0.3 is 4.74 Å². The zero-order valence-electron chi connectivity index (χ0n) is 36.0. The maximum Gasteiger partial charge on any atom is 0.268 e. The molecule has 0 aliphatic rings. The third-order valence-corrected chi connectivity index (χ3v) is 11.5. The molecular weight excluding hydrogens is 709 g/mol. The zero-order chi connectivity index (χ0) is 41.1. The molecule has 8 aromatic rings. The van der Waals surface area contributed by atoms with Crippen molar-refractivity contribution in [1.82, 2.24) is 14.1 Å². The lowest BCUT2D eigenvalue weighted by atomic mass is 9.85. The van der Waals surface area contributed by atoms with Crippen LogP contribution >= 0.6 is 0 Å². The highest BCUT2D eigenvalue weighted by Gasteiger charge is 2.22. The van der Waals surface area contributed by atoms with Gasteiger partial charge in [0, 0.05) is 35.4 Å². The first-order valence-corrected chi connectivity index (χ1v) is 20.7. The molecular formula is C53H56N4O. The molecule has 0 amide bonds. The van der Waals surface area contributed by atoms with Crippen LogP contribution in [0, 0.1) is 13.3 Å². The van der Waals surface area contributed by atoms with Crippen LogP contribution in [0.25, 0.3) is 50.1 Å². The van der Waals surface area contributed by atoms with Crippen molar-refractivity contribution in [3.8, 4) is 39.8 Å². The summed E-state index contributed by atoms with van der Waals surface area (Å²) in [5, 5.41) is 2.34. The predicted octanol–water partition coefficient (Wildman–Crippen LogP) is 13.7. The third-order valence-electron chi connectivity index (χ3n) is 11.5. The second-order valence-corrected chi connectivity index (χ2v) is 18.5. The Morgan fingerprint density at radius 2 is 1.29 bits per heavy atom. The molecule has 0 spiro atoms. The average Bonchev–Trinajstić information content (AvgIpc) is 3.80. The van der Waals surface area contributed by atoms with E-state index in [0.717, 1.165) is 45.1 Å². The zero-order valence-corrected chi connectivity index (χ0v) is 36.0. The summed E-state index contributed by atoms with van der Waals surface area (Å²) in [5.74, 6) is 3.19. The number of fused-ring (bicyclic) bond motifs is 3. The lowest BCUT2D eigenvalue weighted by Gasteiger charge is -2.21. The minimum atomic E-state index is -0.0323. The predicted molar refractivity (Wildman–Crippen MR) is 241 cm³/mol. The number of hydrogen-bond donors (Lipinski definition) is 0. The van der Waals surface area contributed by atoms with E-state index in [1.807, 2.05) is 29.1 Å². The van der Waals surface area contributed by atoms with Crippen LogP contribution in [0.2, 0.25) is 0 Å². The van der Waals surface area contributed by atoms with Gasteiger partial charge in [0.25, 0.3) is 6.33 Å². The molecule has 0 saturated carbocycles. The highest BCUT2D eigenvalue weighted by atomic mass is 16.5. The molecule has 3 heterocycles. The summed E-state index contributed by atoms with van der Waals surface area (Å²) in [5.41, 5.74) is 13.4. The fourth-order valence-corrected chi connectivity index (χ4v) is 8.17. The summed E-state index contributed by atoms with van der Waals surface area (Å²) in [6.45, 7) is 24.8. The first kappa shape index (κ1) is 38.9. The van der Waals surface area contributed by atoms with Gasteiger partial charge in [0.2, 0.25) is 0 Å². The molecule has 0 fully saturated rings. The molecule has 0 saturated heterocycles. The standard InChI is InChI=1S/C53H56N4O/c1-34(2)43-16-13-17-44(35(3)4)51(43)37-18-21-45-46-22-20-42(32-49(46)57(48(45)29-37)50-30-39(24-25-54-50)53(9,10)11)58-41-15-12-14-40(31-41)55-26-27-56(33-55)47-23-19-38(28-36(47)5)52(6,7)8/h12-32,34-35H,1-11H3. The second-order valence-electron chi connectivity index (χ2n) is 18.5. The number of nitrogens with zero attached hydrogens (tertiary/aromatic N) is 4. The molecule has 5 aromatic carbocycles. The minimum absolute atomic E-state index is 0.0323. The van der Waals surface area contributed by atoms with Crippen molar-refractivity contribution in [1.29, 1.82) is 0 Å². The minimum Gasteiger partial charge on any atom is -0.458 e. The summed E-state index contributed by atoms with van der Waals surface area (Å²) < 4.78 is 13.1. The van der Waals surface area contributed by atoms with Gasteiger partial charge in [-0.1, -0.05) is 118 Å². The van der Waals surface area contributed by atoms with E-state index >= 15 is 0 Å². The molecule has 0 unspecified atom stereocenters. The van der Waals surface area contributed by atoms with E-state index < -0.39 is 0 Å². The number of pyridine rings is 1. The van der Waals surface area contributed by atoms with Crippen LogP contribution in [0.15, 0.2) is 128 Å². The van der Waals surface area contributed by atoms with Gasteiger partial charge in [-0.25, -0.2) is 4.98 Å². The number of ether oxygens (including phenoxy) is 1. The maximum absolute atomic E-state index is 6.68. The van der Waals surface area contributed by atoms with Gasteiger partial charge in [-0.15, -0.1) is 0 Å². The molecule has 0 bridgehead atoms. The Morgan fingerprint density at radius 1 is 0.655 bits per heavy atom. The lowest BCUT2D eigenvalue weighted by Crippen LogP contribution is -2.29. The number of hydrogen-bond acceptors (Lipinski definition) is 2. The normalized spacial score (nSPS) is 12.4. The van der Waals surface area contributed by atoms with E-state index in [0.29, 0.717) is 11.8 Å². The molecule has 0 atom stereocenters. The van der Waals surface area contributed by atoms with Crippen molar-refractivity contribution in [3.63, 3.8) is 0 Å². The SMILES string of the molecule is Cc1cc(C(C)(C)C)ccc1-[n+]1[c-]n(-c2cccc(Oc3ccc4c5ccc(-c6c(C(C)C)cccc6C(C)C)cc5n(-c5cc(C(C)(C)C)ccn5)c4c3)c2)cc1. The molecule has 8 rings (SSSR count). The van der Waals surface area contributed by atoms with Crippen molar-refractivity contribution < 1.29 is 9.30 Å². The van der Waals surface area contributed by atoms with E-state index in [1.165, 1.54) is 44.3 Å². The summed E-state index contributed by atoms with van der Waals surface area (Å²) in [7, 11) is 0. The molecule has 0 N–H and O–H groups in total. The fourth-order valence-electron chi connectivity index (χ4n) is 8.17. The van der Waals surface area contributed by atoms with Gasteiger partial charge in [0.05, 0.1) is 22.4 Å². The van der Waals surface area contributed by atoms with Crippen LogP contribution in [0.1, 0.15) is 109 Å². The van der Waals surface area contributed by atoms with E-state index in [1.54, 1.807) is 0 Å². The van der Waals surface area contributed by atoms with Gasteiger partial charge in [0.15, 0.2) is 0 Å². The highest BCUT2D eigenvalue weighted by Crippen LogP contribution is 2.41. The number of benzene rings is 5. The molecule has 294 valence electrons. The Balaban J connectivity index is 1.21. The number of imidazole rings is 1. The van der Waals surface area contributed by atoms with Crippen molar-refractivity contribution >= 4 is 21.8 Å². The van der Waals surface area contributed by atoms with Crippen molar-refractivity contribution in [2.45, 2.75) is 98.8 Å². The Labute approximate surface area is 344 Å². The number of aryl methyl sites for hydroxylation is 1. The quantitative estimate of drug-likeness (QED) is 0.114. The Kier molecular flexibility index (Phi) is 9.91. The van der Waals surface area contributed by atoms with E-state index in [-0.39, 0.29) is 10.8 Å². The van der Waals surface area contributed by atoms with Crippen molar-refractivity contribution in [2.24, 2.45) is 0 Å². The summed E-state index contributed by atoms with van der Waals surface area (Å²) >= 11 is 0. The third kappa shape index (κ3) is 7.35. The number of rotatable bonds is 8. The van der Waals surface area contributed by atoms with E-state index in [4.69, 9.17) is 9.72 Å². The Hall–Kier alpha value is -5.94. The van der Waals surface area contributed by atoms with Gasteiger partial charge in [0.1, 0.15) is 17.3 Å². The molecule has 58 heavy (non-hydrogen) atoms. The van der Waals surface area contributed by atoms with Gasteiger partial charge >= 0.3 is 0 Å². The maximum atomic E-state index is 6.68. The summed E-state index contributed by atoms with van der Waals surface area (Å²) in [6, 6.07) is 39.4. The average molecular weight is 765 g/mol. The largest absolute Gasteiger partial charge is 0.458 e. The van der Waals surface area contributed by atoms with Crippen LogP contribution in [0.3, 0.4) is 0 Å². The molecule has 0 aliphatic carbocycles. The van der Waals surface area contributed by atoms with Gasteiger partial charge in [-0.05, 0) is 123 Å². The monoisotopic (exact) mass is 764 g/mol. The van der Waals surface area contributed by atoms with Gasteiger partial charge in [-0.2, -0.15) is 0 Å². The van der Waals surface area contributed by atoms with Crippen molar-refractivity contribution in [2.75, 3.05) is 0 Å². The van der Waals surface area contributed by atoms with Crippen LogP contribution in [0.5, 0.6) is 11.5 Å². The summed E-state index contributed by atoms with van der Waals surface area (Å²) in [4.78, 5) is 5.01. The molecule has 5 nitrogen and oxygen atoms in total. The highest BCUT2D eigenvalue weighted by molar-refractivity contribution is 6.10. The molecule has 0 aliphatic heterocycles. The van der Waals surface area contributed by atoms with Crippen LogP contribution < -0.4 is 9.30 Å². The van der Waals surface area contributed by atoms with E-state index in [2.05, 4.69) is 195 Å². The van der Waals surface area contributed by atoms with Gasteiger partial charge in [-0.3, -0.25) is 13.7 Å². The van der Waals surface area contributed by atoms with Crippen LogP contribution in [0.4, 0.5) is 0 Å². The van der Waals surface area contributed by atoms with Crippen LogP contribution in [-0.2, 0) is 10.8 Å². The second kappa shape index (κ2) is 14.8. The summed E-state index contributed by atoms with van der Waals surface area (Å²) in [6.07, 6.45) is 9.55. The molecule has 0 radical (unpaired) electrons. The number of aromatic nitrogens is 4. The Bertz CT molecular complexity index is 2780. The van der Waals surface area contributed by atoms with E-state index in [9.17, 15) is 0 Å². The molecule has 3 aromatic heterocycles. The lowest BCUT2D eigenvalue weighted by molar-refractivity contribution is -0.599. The topological polar surface area (TPSA) is 35.9 Å². The first-order chi connectivity index (χ1) is 27.6. The van der Waals surface area contributed by atoms with Crippen molar-refractivity contribution in [3.05, 3.63) is 162 Å². The molecule has 5 heteroatoms. The first-order valence-electron chi connectivity index (χ1n) is 20.7.